The number of halogens is 2. The second-order valence-electron chi connectivity index (χ2n) is 12.1. The highest BCUT2D eigenvalue weighted by molar-refractivity contribution is 9.49. The lowest BCUT2D eigenvalue weighted by Crippen LogP contribution is -2.59. The van der Waals surface area contributed by atoms with Crippen molar-refractivity contribution in [3.8, 4) is 0 Å². The van der Waals surface area contributed by atoms with Crippen LogP contribution in [0, 0.1) is 34.5 Å². The monoisotopic (exact) mass is 544 g/mol. The van der Waals surface area contributed by atoms with Gasteiger partial charge in [0, 0.05) is 19.8 Å². The number of hydrogen-bond donors (Lipinski definition) is 0. The van der Waals surface area contributed by atoms with Gasteiger partial charge in [-0.3, -0.25) is 0 Å². The molecular weight excluding hydrogens is 504 g/mol. The maximum absolute atomic E-state index is 7.04. The van der Waals surface area contributed by atoms with Gasteiger partial charge in [-0.1, -0.05) is 45.0 Å². The van der Waals surface area contributed by atoms with Crippen LogP contribution in [0.25, 0.3) is 0 Å². The molecule has 32 heavy (non-hydrogen) atoms. The molecule has 4 rings (SSSR count). The summed E-state index contributed by atoms with van der Waals surface area (Å²) in [6, 6.07) is 0. The maximum Gasteiger partial charge on any atom is 0.0735 e. The predicted octanol–water partition coefficient (Wildman–Crippen LogP) is 9.23. The molecule has 0 aromatic carbocycles. The van der Waals surface area contributed by atoms with Crippen molar-refractivity contribution in [1.29, 1.82) is 0 Å². The van der Waals surface area contributed by atoms with E-state index in [2.05, 4.69) is 56.0 Å². The van der Waals surface area contributed by atoms with Gasteiger partial charge in [0.05, 0.1) is 28.3 Å². The Labute approximate surface area is 213 Å². The summed E-state index contributed by atoms with van der Waals surface area (Å²) in [7, 11) is 1.36. The van der Waals surface area contributed by atoms with Crippen molar-refractivity contribution in [3.63, 3.8) is 0 Å². The van der Waals surface area contributed by atoms with Gasteiger partial charge in [0.2, 0.25) is 0 Å². The number of ether oxygens (including phenoxy) is 1. The topological polar surface area (TPSA) is 18.5 Å². The van der Waals surface area contributed by atoms with Crippen LogP contribution in [0.15, 0.2) is 23.3 Å². The van der Waals surface area contributed by atoms with E-state index in [0.29, 0.717) is 35.4 Å². The van der Waals surface area contributed by atoms with Gasteiger partial charge in [-0.05, 0) is 112 Å². The van der Waals surface area contributed by atoms with Crippen molar-refractivity contribution in [2.45, 2.75) is 110 Å². The molecular formula is C27H42BrClO2S. The SMILES string of the molecule is C=C/C(Cl)=C1\CCC2C3C(CC[C@]12C)[C@@]1(C)CC[C@H](OSBr)CC1C[C@@H]3OC(C)(C)CC. The third kappa shape index (κ3) is 4.31. The summed E-state index contributed by atoms with van der Waals surface area (Å²) in [5.74, 6) is 2.69. The molecule has 4 fully saturated rings. The summed E-state index contributed by atoms with van der Waals surface area (Å²) in [5.41, 5.74) is 1.97. The van der Waals surface area contributed by atoms with Crippen LogP contribution in [0.1, 0.15) is 92.4 Å². The van der Waals surface area contributed by atoms with E-state index in [-0.39, 0.29) is 11.0 Å². The second kappa shape index (κ2) is 9.52. The molecule has 182 valence electrons. The van der Waals surface area contributed by atoms with E-state index in [1.807, 2.05) is 6.08 Å². The fourth-order valence-electron chi connectivity index (χ4n) is 8.24. The molecule has 0 aromatic rings. The van der Waals surface area contributed by atoms with Crippen LogP contribution in [-0.4, -0.2) is 17.8 Å². The van der Waals surface area contributed by atoms with Crippen molar-refractivity contribution in [2.75, 3.05) is 0 Å². The first-order valence-corrected chi connectivity index (χ1v) is 15.7. The van der Waals surface area contributed by atoms with E-state index in [0.717, 1.165) is 23.8 Å². The van der Waals surface area contributed by atoms with Crippen LogP contribution in [0.4, 0.5) is 0 Å². The number of allylic oxidation sites excluding steroid dienone is 3. The molecule has 5 heteroatoms. The lowest BCUT2D eigenvalue weighted by Gasteiger charge is -2.63. The Kier molecular flexibility index (Phi) is 7.62. The van der Waals surface area contributed by atoms with E-state index in [1.54, 1.807) is 0 Å². The highest BCUT2D eigenvalue weighted by Gasteiger charge is 2.62. The molecule has 2 nitrogen and oxygen atoms in total. The molecule has 8 atom stereocenters. The summed E-state index contributed by atoms with van der Waals surface area (Å²) in [5, 5.41) is 0.907. The Balaban J connectivity index is 1.71. The van der Waals surface area contributed by atoms with Gasteiger partial charge in [-0.15, -0.1) is 0 Å². The molecule has 0 aromatic heterocycles. The summed E-state index contributed by atoms with van der Waals surface area (Å²) in [4.78, 5) is 0. The Morgan fingerprint density at radius 1 is 1.22 bits per heavy atom. The predicted molar refractivity (Wildman–Crippen MR) is 141 cm³/mol. The van der Waals surface area contributed by atoms with Gasteiger partial charge in [-0.2, -0.15) is 0 Å². The van der Waals surface area contributed by atoms with Crippen molar-refractivity contribution in [1.82, 2.24) is 0 Å². The molecule has 4 unspecified atom stereocenters. The average molecular weight is 546 g/mol. The minimum atomic E-state index is -0.0802. The number of hydrogen-bond acceptors (Lipinski definition) is 3. The molecule has 4 aliphatic carbocycles. The van der Waals surface area contributed by atoms with Crippen LogP contribution in [0.5, 0.6) is 0 Å². The van der Waals surface area contributed by atoms with Crippen molar-refractivity contribution < 1.29 is 8.92 Å². The van der Waals surface area contributed by atoms with Crippen LogP contribution in [0.2, 0.25) is 0 Å². The highest BCUT2D eigenvalue weighted by Crippen LogP contribution is 2.68. The van der Waals surface area contributed by atoms with Crippen LogP contribution in [0.3, 0.4) is 0 Å². The molecule has 0 amide bonds. The third-order valence-electron chi connectivity index (χ3n) is 10.4. The molecule has 0 bridgehead atoms. The normalized spacial score (nSPS) is 45.6. The molecule has 0 aliphatic heterocycles. The minimum Gasteiger partial charge on any atom is -0.372 e. The molecule has 0 heterocycles. The molecule has 0 saturated heterocycles. The maximum atomic E-state index is 7.04. The summed E-state index contributed by atoms with van der Waals surface area (Å²) >= 11 is 10.1. The molecule has 4 saturated carbocycles. The number of fused-ring (bicyclic) bond motifs is 5. The first-order chi connectivity index (χ1) is 15.1. The Morgan fingerprint density at radius 3 is 2.62 bits per heavy atom. The summed E-state index contributed by atoms with van der Waals surface area (Å²) in [6.07, 6.45) is 13.3. The van der Waals surface area contributed by atoms with Crippen molar-refractivity contribution in [2.24, 2.45) is 34.5 Å². The van der Waals surface area contributed by atoms with Crippen LogP contribution < -0.4 is 0 Å². The Hall–Kier alpha value is 0.520. The zero-order valence-corrected chi connectivity index (χ0v) is 23.8. The lowest BCUT2D eigenvalue weighted by atomic mass is 9.44. The van der Waals surface area contributed by atoms with E-state index in [9.17, 15) is 0 Å². The standard InChI is InChI=1S/C27H42BrClO2S/c1-7-22(29)19-9-10-20-24-21(12-14-27(19,20)6)26(5)13-11-18(31-32-28)15-17(26)16-23(24)30-25(3,4)8-2/h7,17-18,20-21,23-24H,1,8-16H2,2-6H3/b22-19-/t17?,18-,20?,21?,23-,24?,26-,27+/m0/s1. The average Bonchev–Trinajstić information content (AvgIpc) is 3.11. The van der Waals surface area contributed by atoms with E-state index >= 15 is 0 Å². The second-order valence-corrected chi connectivity index (χ2v) is 13.6. The molecule has 0 N–H and O–H groups in total. The van der Waals surface area contributed by atoms with Gasteiger partial charge in [0.1, 0.15) is 0 Å². The molecule has 0 radical (unpaired) electrons. The Bertz CT molecular complexity index is 754. The fraction of sp³-hybridized carbons (Fsp3) is 0.852. The largest absolute Gasteiger partial charge is 0.372 e. The minimum absolute atomic E-state index is 0.0802. The first kappa shape index (κ1) is 25.6. The quantitative estimate of drug-likeness (QED) is 0.310. The smallest absolute Gasteiger partial charge is 0.0735 e. The zero-order chi connectivity index (χ0) is 23.3. The molecule has 4 aliphatic rings. The third-order valence-corrected chi connectivity index (χ3v) is 11.5. The van der Waals surface area contributed by atoms with E-state index in [4.69, 9.17) is 20.5 Å². The molecule has 0 spiro atoms. The summed E-state index contributed by atoms with van der Waals surface area (Å²) in [6.45, 7) is 15.9. The Morgan fingerprint density at radius 2 is 1.97 bits per heavy atom. The van der Waals surface area contributed by atoms with Crippen molar-refractivity contribution in [3.05, 3.63) is 23.3 Å². The lowest BCUT2D eigenvalue weighted by molar-refractivity contribution is -0.208. The van der Waals surface area contributed by atoms with Crippen LogP contribution >= 0.6 is 36.9 Å². The highest BCUT2D eigenvalue weighted by atomic mass is 79.9. The zero-order valence-electron chi connectivity index (χ0n) is 20.6. The van der Waals surface area contributed by atoms with E-state index in [1.165, 1.54) is 61.0 Å². The van der Waals surface area contributed by atoms with Gasteiger partial charge in [0.25, 0.3) is 0 Å². The number of rotatable bonds is 6. The van der Waals surface area contributed by atoms with E-state index < -0.39 is 0 Å². The van der Waals surface area contributed by atoms with Gasteiger partial charge in [-0.25, -0.2) is 0 Å². The van der Waals surface area contributed by atoms with Crippen LogP contribution in [-0.2, 0) is 8.92 Å². The van der Waals surface area contributed by atoms with Gasteiger partial charge >= 0.3 is 0 Å². The fourth-order valence-corrected chi connectivity index (χ4v) is 9.48. The van der Waals surface area contributed by atoms with Gasteiger partial charge < -0.3 is 8.92 Å². The van der Waals surface area contributed by atoms with Gasteiger partial charge in [0.15, 0.2) is 0 Å². The van der Waals surface area contributed by atoms with Crippen molar-refractivity contribution >= 4 is 36.9 Å². The summed E-state index contributed by atoms with van der Waals surface area (Å²) < 4.78 is 13.0. The first-order valence-electron chi connectivity index (χ1n) is 12.7.